The van der Waals surface area contributed by atoms with Crippen LogP contribution in [0.4, 0.5) is 8.78 Å². The molecule has 81 valence electrons. The molecule has 0 aliphatic heterocycles. The minimum atomic E-state index is -1.50. The number of hydrogen-bond donors (Lipinski definition) is 0. The summed E-state index contributed by atoms with van der Waals surface area (Å²) in [6.45, 7) is 0. The van der Waals surface area contributed by atoms with Crippen LogP contribution >= 0.6 is 31.9 Å². The van der Waals surface area contributed by atoms with Gasteiger partial charge < -0.3 is 0 Å². The van der Waals surface area contributed by atoms with Crippen LogP contribution in [0.25, 0.3) is 0 Å². The smallest absolute Gasteiger partial charge is 0.145 e. The van der Waals surface area contributed by atoms with Gasteiger partial charge >= 0.3 is 0 Å². The summed E-state index contributed by atoms with van der Waals surface area (Å²) in [6.07, 6.45) is 2.10. The summed E-state index contributed by atoms with van der Waals surface area (Å²) in [5.41, 5.74) is -1.50. The molecule has 2 aliphatic rings. The van der Waals surface area contributed by atoms with Crippen LogP contribution in [0.1, 0.15) is 32.1 Å². The number of halogens is 4. The van der Waals surface area contributed by atoms with Gasteiger partial charge in [0.15, 0.2) is 0 Å². The van der Waals surface area contributed by atoms with Crippen molar-refractivity contribution in [2.45, 2.75) is 53.6 Å². The highest BCUT2D eigenvalue weighted by molar-refractivity contribution is 9.12. The molecule has 0 aromatic carbocycles. The van der Waals surface area contributed by atoms with Gasteiger partial charge in [-0.15, -0.1) is 0 Å². The lowest BCUT2D eigenvalue weighted by molar-refractivity contribution is 0.230. The van der Waals surface area contributed by atoms with E-state index < -0.39 is 11.8 Å². The van der Waals surface area contributed by atoms with E-state index in [-0.39, 0.29) is 6.42 Å². The lowest BCUT2D eigenvalue weighted by Gasteiger charge is -2.30. The molecule has 0 aromatic rings. The Balaban J connectivity index is 1.83. The molecule has 2 rings (SSSR count). The first-order valence-electron chi connectivity index (χ1n) is 4.96. The lowest BCUT2D eigenvalue weighted by atomic mass is 9.85. The Morgan fingerprint density at radius 1 is 1.36 bits per heavy atom. The molecule has 0 aromatic heterocycles. The van der Waals surface area contributed by atoms with E-state index in [0.29, 0.717) is 16.1 Å². The predicted octanol–water partition coefficient (Wildman–Crippen LogP) is 4.11. The van der Waals surface area contributed by atoms with Crippen LogP contribution in [0.2, 0.25) is 0 Å². The number of alkyl halides is 4. The van der Waals surface area contributed by atoms with Gasteiger partial charge in [0.1, 0.15) is 11.8 Å². The molecule has 14 heavy (non-hydrogen) atoms. The molecule has 4 atom stereocenters. The standard InChI is InChI=1S/C10H13Br2F2/c11-7-2-1-6(3-8(7)12)4-10(14)5-9(10)13/h7-9H,1-5H2. The predicted molar refractivity (Wildman–Crippen MR) is 60.5 cm³/mol. The van der Waals surface area contributed by atoms with Crippen LogP contribution in [0, 0.1) is 5.92 Å². The first-order chi connectivity index (χ1) is 6.51. The van der Waals surface area contributed by atoms with Crippen molar-refractivity contribution < 1.29 is 8.78 Å². The largest absolute Gasteiger partial charge is 0.244 e. The zero-order chi connectivity index (χ0) is 10.3. The maximum absolute atomic E-state index is 13.5. The van der Waals surface area contributed by atoms with Gasteiger partial charge in [-0.3, -0.25) is 0 Å². The third kappa shape index (κ3) is 2.31. The van der Waals surface area contributed by atoms with Crippen molar-refractivity contribution in [3.8, 4) is 0 Å². The van der Waals surface area contributed by atoms with Crippen molar-refractivity contribution in [2.75, 3.05) is 0 Å². The zero-order valence-corrected chi connectivity index (χ0v) is 11.0. The van der Waals surface area contributed by atoms with E-state index in [9.17, 15) is 8.78 Å². The Bertz CT molecular complexity index is 224. The highest BCUT2D eigenvalue weighted by atomic mass is 79.9. The minimum absolute atomic E-state index is 0.112. The zero-order valence-electron chi connectivity index (χ0n) is 7.78. The van der Waals surface area contributed by atoms with Crippen LogP contribution in [-0.2, 0) is 0 Å². The van der Waals surface area contributed by atoms with Gasteiger partial charge in [-0.05, 0) is 31.6 Å². The topological polar surface area (TPSA) is 0 Å². The SMILES string of the molecule is FC1CC1(F)C[C]1CCC(Br)C(Br)C1. The maximum Gasteiger partial charge on any atom is 0.145 e. The van der Waals surface area contributed by atoms with Crippen molar-refractivity contribution >= 4 is 31.9 Å². The Hall–Kier alpha value is 0.820. The van der Waals surface area contributed by atoms with Gasteiger partial charge in [-0.1, -0.05) is 31.9 Å². The lowest BCUT2D eigenvalue weighted by Crippen LogP contribution is -2.26. The molecule has 4 heteroatoms. The highest BCUT2D eigenvalue weighted by Crippen LogP contribution is 2.51. The average molecular weight is 331 g/mol. The van der Waals surface area contributed by atoms with Crippen LogP contribution < -0.4 is 0 Å². The second-order valence-corrected chi connectivity index (χ2v) is 6.76. The van der Waals surface area contributed by atoms with E-state index in [1.165, 1.54) is 5.92 Å². The molecule has 0 saturated heterocycles. The fourth-order valence-corrected chi connectivity index (χ4v) is 3.16. The molecule has 0 heterocycles. The van der Waals surface area contributed by atoms with Gasteiger partial charge in [0, 0.05) is 16.1 Å². The molecule has 0 bridgehead atoms. The fourth-order valence-electron chi connectivity index (χ4n) is 2.03. The molecule has 1 radical (unpaired) electrons. The molecule has 0 nitrogen and oxygen atoms in total. The van der Waals surface area contributed by atoms with Crippen LogP contribution in [0.3, 0.4) is 0 Å². The first-order valence-corrected chi connectivity index (χ1v) is 6.79. The van der Waals surface area contributed by atoms with Crippen molar-refractivity contribution in [1.82, 2.24) is 0 Å². The van der Waals surface area contributed by atoms with Crippen LogP contribution in [-0.4, -0.2) is 21.5 Å². The number of rotatable bonds is 2. The van der Waals surface area contributed by atoms with Gasteiger partial charge in [0.25, 0.3) is 0 Å². The molecule has 0 spiro atoms. The van der Waals surface area contributed by atoms with Crippen molar-refractivity contribution in [3.05, 3.63) is 5.92 Å². The summed E-state index contributed by atoms with van der Waals surface area (Å²) < 4.78 is 26.2. The summed E-state index contributed by atoms with van der Waals surface area (Å²) in [5.74, 6) is 1.19. The van der Waals surface area contributed by atoms with Crippen molar-refractivity contribution in [1.29, 1.82) is 0 Å². The molecule has 2 saturated carbocycles. The van der Waals surface area contributed by atoms with Gasteiger partial charge in [0.05, 0.1) is 0 Å². The summed E-state index contributed by atoms with van der Waals surface area (Å²) in [4.78, 5) is 0.855. The van der Waals surface area contributed by atoms with Crippen LogP contribution in [0.5, 0.6) is 0 Å². The summed E-state index contributed by atoms with van der Waals surface area (Å²) >= 11 is 7.11. The molecule has 4 unspecified atom stereocenters. The quantitative estimate of drug-likeness (QED) is 0.668. The Morgan fingerprint density at radius 2 is 2.00 bits per heavy atom. The molecule has 0 N–H and O–H groups in total. The second kappa shape index (κ2) is 4.00. The van der Waals surface area contributed by atoms with Crippen molar-refractivity contribution in [2.24, 2.45) is 0 Å². The Morgan fingerprint density at radius 3 is 2.50 bits per heavy atom. The van der Waals surface area contributed by atoms with E-state index in [1.54, 1.807) is 0 Å². The normalized spacial score (nSPS) is 49.3. The third-order valence-electron chi connectivity index (χ3n) is 3.11. The van der Waals surface area contributed by atoms with Gasteiger partial charge in [-0.25, -0.2) is 8.78 Å². The first kappa shape index (κ1) is 11.3. The van der Waals surface area contributed by atoms with Gasteiger partial charge in [0.2, 0.25) is 0 Å². The Labute approximate surface area is 100 Å². The minimum Gasteiger partial charge on any atom is -0.244 e. The van der Waals surface area contributed by atoms with Crippen LogP contribution in [0.15, 0.2) is 0 Å². The van der Waals surface area contributed by atoms with Gasteiger partial charge in [-0.2, -0.15) is 0 Å². The van der Waals surface area contributed by atoms with E-state index in [2.05, 4.69) is 31.9 Å². The molecular weight excluding hydrogens is 318 g/mol. The Kier molecular flexibility index (Phi) is 3.23. The summed E-state index contributed by atoms with van der Waals surface area (Å²) in [7, 11) is 0. The molecular formula is C10H13Br2F2. The number of hydrogen-bond acceptors (Lipinski definition) is 0. The fraction of sp³-hybridized carbons (Fsp3) is 0.900. The average Bonchev–Trinajstić information content (AvgIpc) is 2.67. The van der Waals surface area contributed by atoms with E-state index >= 15 is 0 Å². The monoisotopic (exact) mass is 329 g/mol. The summed E-state index contributed by atoms with van der Waals surface area (Å²) in [6, 6.07) is 0. The molecule has 2 fully saturated rings. The summed E-state index contributed by atoms with van der Waals surface area (Å²) in [5, 5.41) is 0. The van der Waals surface area contributed by atoms with E-state index in [4.69, 9.17) is 0 Å². The van der Waals surface area contributed by atoms with Crippen molar-refractivity contribution in [3.63, 3.8) is 0 Å². The molecule has 2 aliphatic carbocycles. The maximum atomic E-state index is 13.5. The highest BCUT2D eigenvalue weighted by Gasteiger charge is 2.57. The third-order valence-corrected chi connectivity index (χ3v) is 5.88. The molecule has 0 amide bonds. The second-order valence-electron chi connectivity index (χ2n) is 4.41. The van der Waals surface area contributed by atoms with E-state index in [1.807, 2.05) is 0 Å². The van der Waals surface area contributed by atoms with E-state index in [0.717, 1.165) is 19.3 Å².